The van der Waals surface area contributed by atoms with Crippen molar-refractivity contribution in [3.63, 3.8) is 0 Å². The van der Waals surface area contributed by atoms with Gasteiger partial charge in [-0.15, -0.1) is 23.2 Å². The number of aliphatic hydroxyl groups is 1. The lowest BCUT2D eigenvalue weighted by atomic mass is 9.99. The second-order valence-electron chi connectivity index (χ2n) is 10.3. The topological polar surface area (TPSA) is 117 Å². The molecule has 1 saturated heterocycles. The molecular formula is C28H43ClN4O4S. The number of carbonyl (C=O) groups is 1. The molecule has 8 nitrogen and oxygen atoms in total. The van der Waals surface area contributed by atoms with E-state index in [4.69, 9.17) is 0 Å². The van der Waals surface area contributed by atoms with Crippen molar-refractivity contribution in [3.05, 3.63) is 59.7 Å². The Balaban J connectivity index is 0.00000400. The summed E-state index contributed by atoms with van der Waals surface area (Å²) in [6, 6.07) is 14.7. The van der Waals surface area contributed by atoms with Gasteiger partial charge < -0.3 is 21.1 Å². The Bertz CT molecular complexity index is 1050. The molecule has 4 rings (SSSR count). The molecule has 0 radical (unpaired) electrons. The number of anilines is 2. The van der Waals surface area contributed by atoms with Gasteiger partial charge in [0.15, 0.2) is 0 Å². The van der Waals surface area contributed by atoms with E-state index in [0.717, 1.165) is 43.4 Å². The van der Waals surface area contributed by atoms with E-state index >= 15 is 0 Å². The first-order chi connectivity index (χ1) is 17.7. The number of carbonyl (C=O) groups excluding carboxylic acids is 1. The van der Waals surface area contributed by atoms with Crippen LogP contribution in [0.5, 0.6) is 0 Å². The SMILES string of the molecule is CCNc1cc(C(=O)N[C@@H](Cc2ccccc2)[C@H](O)CNC2(CC)CC2)cc(N2CCCCS2(O)O)c1.Cl. The Hall–Kier alpha value is -2.01. The summed E-state index contributed by atoms with van der Waals surface area (Å²) in [7, 11) is -2.92. The number of β-amino-alcohol motifs (C(OH)–C–C–N with tert-alkyl or cyclic N) is 1. The highest BCUT2D eigenvalue weighted by atomic mass is 35.5. The number of hydrogen-bond donors (Lipinski definition) is 6. The van der Waals surface area contributed by atoms with Crippen LogP contribution in [0.1, 0.15) is 61.9 Å². The van der Waals surface area contributed by atoms with Crippen LogP contribution in [0, 0.1) is 0 Å². The quantitative estimate of drug-likeness (QED) is 0.213. The normalized spacial score (nSPS) is 20.0. The molecule has 2 aliphatic rings. The molecule has 0 spiro atoms. The van der Waals surface area contributed by atoms with E-state index < -0.39 is 22.9 Å². The number of amides is 1. The molecule has 1 heterocycles. The summed E-state index contributed by atoms with van der Waals surface area (Å²) in [6.45, 7) is 5.73. The Morgan fingerprint density at radius 2 is 1.84 bits per heavy atom. The summed E-state index contributed by atoms with van der Waals surface area (Å²) >= 11 is 0. The number of aliphatic hydroxyl groups excluding tert-OH is 1. The average molecular weight is 567 g/mol. The van der Waals surface area contributed by atoms with E-state index in [0.29, 0.717) is 43.1 Å². The summed E-state index contributed by atoms with van der Waals surface area (Å²) in [5.41, 5.74) is 2.93. The Kier molecular flexibility index (Phi) is 10.7. The van der Waals surface area contributed by atoms with Crippen molar-refractivity contribution < 1.29 is 19.0 Å². The fraction of sp³-hybridized carbons (Fsp3) is 0.536. The highest BCUT2D eigenvalue weighted by Crippen LogP contribution is 2.50. The van der Waals surface area contributed by atoms with E-state index in [2.05, 4.69) is 22.9 Å². The minimum Gasteiger partial charge on any atom is -0.390 e. The highest BCUT2D eigenvalue weighted by molar-refractivity contribution is 8.25. The van der Waals surface area contributed by atoms with Gasteiger partial charge in [-0.3, -0.25) is 18.2 Å². The van der Waals surface area contributed by atoms with Crippen LogP contribution >= 0.6 is 23.2 Å². The Morgan fingerprint density at radius 3 is 2.47 bits per heavy atom. The molecule has 1 saturated carbocycles. The number of benzene rings is 2. The summed E-state index contributed by atoms with van der Waals surface area (Å²) < 4.78 is 23.0. The Morgan fingerprint density at radius 1 is 1.11 bits per heavy atom. The van der Waals surface area contributed by atoms with E-state index in [1.165, 1.54) is 0 Å². The largest absolute Gasteiger partial charge is 0.390 e. The molecule has 2 atom stereocenters. The van der Waals surface area contributed by atoms with Crippen LogP contribution in [-0.2, 0) is 6.42 Å². The van der Waals surface area contributed by atoms with Crippen LogP contribution in [-0.4, -0.2) is 63.2 Å². The van der Waals surface area contributed by atoms with Crippen molar-refractivity contribution in [2.45, 2.75) is 70.1 Å². The summed E-state index contributed by atoms with van der Waals surface area (Å²) in [5, 5.41) is 21.0. The van der Waals surface area contributed by atoms with Gasteiger partial charge in [-0.05, 0) is 69.2 Å². The minimum atomic E-state index is -2.92. The summed E-state index contributed by atoms with van der Waals surface area (Å²) in [4.78, 5) is 13.6. The first-order valence-electron chi connectivity index (χ1n) is 13.5. The van der Waals surface area contributed by atoms with Gasteiger partial charge in [0.2, 0.25) is 0 Å². The fourth-order valence-corrected chi connectivity index (χ4v) is 6.65. The molecule has 212 valence electrons. The van der Waals surface area contributed by atoms with E-state index in [1.807, 2.05) is 43.3 Å². The van der Waals surface area contributed by atoms with Gasteiger partial charge in [-0.1, -0.05) is 37.3 Å². The maximum Gasteiger partial charge on any atom is 0.251 e. The van der Waals surface area contributed by atoms with Crippen molar-refractivity contribution in [1.82, 2.24) is 10.6 Å². The molecule has 6 N–H and O–H groups in total. The molecule has 2 aromatic rings. The van der Waals surface area contributed by atoms with Gasteiger partial charge in [0.05, 0.1) is 23.6 Å². The lowest BCUT2D eigenvalue weighted by molar-refractivity contribution is 0.0822. The van der Waals surface area contributed by atoms with Crippen molar-refractivity contribution in [2.24, 2.45) is 0 Å². The van der Waals surface area contributed by atoms with Gasteiger partial charge in [0.25, 0.3) is 5.91 Å². The van der Waals surface area contributed by atoms with Crippen molar-refractivity contribution in [3.8, 4) is 0 Å². The van der Waals surface area contributed by atoms with Gasteiger partial charge in [-0.25, -0.2) is 0 Å². The zero-order valence-corrected chi connectivity index (χ0v) is 24.0. The van der Waals surface area contributed by atoms with E-state index in [9.17, 15) is 19.0 Å². The summed E-state index contributed by atoms with van der Waals surface area (Å²) in [6.07, 6.45) is 4.61. The first-order valence-corrected chi connectivity index (χ1v) is 15.1. The third-order valence-corrected chi connectivity index (χ3v) is 9.46. The molecule has 2 fully saturated rings. The zero-order chi connectivity index (χ0) is 26.5. The molecule has 10 heteroatoms. The third-order valence-electron chi connectivity index (χ3n) is 7.53. The van der Waals surface area contributed by atoms with Crippen molar-refractivity contribution >= 4 is 40.5 Å². The van der Waals surface area contributed by atoms with Gasteiger partial charge in [-0.2, -0.15) is 0 Å². The standard InChI is InChI=1S/C28H42N4O4S.ClH/c1-3-28(12-13-28)30-20-26(33)25(16-21-10-6-5-7-11-21)31-27(34)22-17-23(29-4-2)19-24(18-22)32-14-8-9-15-37(32,35)36;/h5-7,10-11,17-19,25-26,29-30,33,35-36H,3-4,8-9,12-16,20H2,1-2H3,(H,31,34);1H/t25-,26+;/m0./s1. The van der Waals surface area contributed by atoms with Gasteiger partial charge in [0, 0.05) is 36.4 Å². The van der Waals surface area contributed by atoms with Crippen molar-refractivity contribution in [1.29, 1.82) is 0 Å². The predicted molar refractivity (Wildman–Crippen MR) is 160 cm³/mol. The summed E-state index contributed by atoms with van der Waals surface area (Å²) in [5.74, 6) is 0.0310. The lowest BCUT2D eigenvalue weighted by Gasteiger charge is -2.47. The predicted octanol–water partition coefficient (Wildman–Crippen LogP) is 5.04. The van der Waals surface area contributed by atoms with E-state index in [1.54, 1.807) is 16.4 Å². The fourth-order valence-electron chi connectivity index (χ4n) is 4.97. The van der Waals surface area contributed by atoms with Gasteiger partial charge >= 0.3 is 0 Å². The number of hydrogen-bond acceptors (Lipinski definition) is 7. The van der Waals surface area contributed by atoms with Crippen LogP contribution < -0.4 is 20.3 Å². The molecule has 1 aliphatic carbocycles. The number of nitrogens with one attached hydrogen (secondary N) is 3. The molecule has 1 amide bonds. The number of rotatable bonds is 12. The van der Waals surface area contributed by atoms with Crippen LogP contribution in [0.2, 0.25) is 0 Å². The molecular weight excluding hydrogens is 524 g/mol. The lowest BCUT2D eigenvalue weighted by Crippen LogP contribution is -2.50. The van der Waals surface area contributed by atoms with Crippen molar-refractivity contribution in [2.75, 3.05) is 35.0 Å². The first kappa shape index (κ1) is 30.5. The maximum absolute atomic E-state index is 13.6. The molecule has 1 aliphatic heterocycles. The van der Waals surface area contributed by atoms with E-state index in [-0.39, 0.29) is 23.9 Å². The Labute approximate surface area is 234 Å². The second-order valence-corrected chi connectivity index (χ2v) is 12.4. The highest BCUT2D eigenvalue weighted by Gasteiger charge is 2.40. The monoisotopic (exact) mass is 566 g/mol. The molecule has 2 aromatic carbocycles. The maximum atomic E-state index is 13.6. The van der Waals surface area contributed by atoms with Crippen LogP contribution in [0.15, 0.2) is 48.5 Å². The van der Waals surface area contributed by atoms with Gasteiger partial charge in [0.1, 0.15) is 0 Å². The molecule has 38 heavy (non-hydrogen) atoms. The average Bonchev–Trinajstić information content (AvgIpc) is 3.67. The van der Waals surface area contributed by atoms with Crippen LogP contribution in [0.4, 0.5) is 11.4 Å². The second kappa shape index (κ2) is 13.4. The third kappa shape index (κ3) is 7.77. The smallest absolute Gasteiger partial charge is 0.251 e. The minimum absolute atomic E-state index is 0. The van der Waals surface area contributed by atoms with Crippen LogP contribution in [0.3, 0.4) is 0 Å². The molecule has 0 aromatic heterocycles. The van der Waals surface area contributed by atoms with Crippen LogP contribution in [0.25, 0.3) is 0 Å². The number of halogens is 1. The molecule has 0 unspecified atom stereocenters. The molecule has 0 bridgehead atoms. The zero-order valence-electron chi connectivity index (χ0n) is 22.4. The number of nitrogens with zero attached hydrogens (tertiary/aromatic N) is 1.